The van der Waals surface area contributed by atoms with Crippen molar-refractivity contribution < 1.29 is 18.9 Å². The number of thiocarbonyl (C=S) groups is 1. The van der Waals surface area contributed by atoms with Gasteiger partial charge in [0.15, 0.2) is 5.11 Å². The van der Waals surface area contributed by atoms with E-state index in [4.69, 9.17) is 12.2 Å². The highest BCUT2D eigenvalue weighted by molar-refractivity contribution is 7.80. The lowest BCUT2D eigenvalue weighted by molar-refractivity contribution is -0.384. The largest absolute Gasteiger partial charge is 0.342 e. The second kappa shape index (κ2) is 9.16. The Kier molecular flexibility index (Phi) is 5.87. The number of nitrogens with zero attached hydrogens (tertiary/aromatic N) is 3. The number of nitro groups is 1. The van der Waals surface area contributed by atoms with Crippen LogP contribution in [0.5, 0.6) is 0 Å². The van der Waals surface area contributed by atoms with Gasteiger partial charge in [-0.25, -0.2) is 9.29 Å². The van der Waals surface area contributed by atoms with Gasteiger partial charge in [0.25, 0.3) is 17.5 Å². The second-order valence-corrected chi connectivity index (χ2v) is 8.45. The Labute approximate surface area is 209 Å². The van der Waals surface area contributed by atoms with Gasteiger partial charge in [0, 0.05) is 41.3 Å². The molecule has 0 aliphatic carbocycles. The standard InChI is InChI=1S/C26H17FN4O4S/c27-21-6-2-4-8-23(21)30-25(33)20(24(32)28-26(30)36)13-17-15-29(22-7-3-1-5-19(17)22)14-16-9-11-18(12-10-16)31(34)35/h1-13,15H,14H2,(H,28,32,36). The molecule has 1 N–H and O–H groups in total. The fourth-order valence-electron chi connectivity index (χ4n) is 4.11. The van der Waals surface area contributed by atoms with E-state index < -0.39 is 22.6 Å². The van der Waals surface area contributed by atoms with Crippen molar-refractivity contribution in [1.82, 2.24) is 9.88 Å². The fourth-order valence-corrected chi connectivity index (χ4v) is 4.38. The number of carbonyl (C=O) groups is 2. The smallest absolute Gasteiger partial charge is 0.270 e. The van der Waals surface area contributed by atoms with Crippen molar-refractivity contribution in [1.29, 1.82) is 0 Å². The molecule has 2 amide bonds. The van der Waals surface area contributed by atoms with Gasteiger partial charge in [0.05, 0.1) is 10.6 Å². The molecule has 5 rings (SSSR count). The molecular weight excluding hydrogens is 483 g/mol. The average molecular weight is 501 g/mol. The Bertz CT molecular complexity index is 1590. The van der Waals surface area contributed by atoms with Gasteiger partial charge >= 0.3 is 0 Å². The maximum Gasteiger partial charge on any atom is 0.270 e. The van der Waals surface area contributed by atoms with Gasteiger partial charge in [0.1, 0.15) is 11.4 Å². The van der Waals surface area contributed by atoms with E-state index in [1.54, 1.807) is 24.4 Å². The van der Waals surface area contributed by atoms with Crippen molar-refractivity contribution in [2.45, 2.75) is 6.54 Å². The molecule has 1 fully saturated rings. The van der Waals surface area contributed by atoms with Crippen molar-refractivity contribution in [3.63, 3.8) is 0 Å². The number of para-hydroxylation sites is 2. The topological polar surface area (TPSA) is 97.5 Å². The summed E-state index contributed by atoms with van der Waals surface area (Å²) in [7, 11) is 0. The molecule has 8 nitrogen and oxygen atoms in total. The molecule has 0 radical (unpaired) electrons. The molecule has 2 heterocycles. The Morgan fingerprint density at radius 3 is 2.42 bits per heavy atom. The minimum atomic E-state index is -0.735. The molecule has 0 saturated carbocycles. The average Bonchev–Trinajstić information content (AvgIpc) is 3.20. The summed E-state index contributed by atoms with van der Waals surface area (Å²) in [6, 6.07) is 19.4. The van der Waals surface area contributed by atoms with E-state index in [1.165, 1.54) is 36.4 Å². The van der Waals surface area contributed by atoms with Crippen molar-refractivity contribution in [3.8, 4) is 0 Å². The first-order valence-corrected chi connectivity index (χ1v) is 11.2. The van der Waals surface area contributed by atoms with E-state index in [2.05, 4.69) is 5.32 Å². The minimum Gasteiger partial charge on any atom is -0.342 e. The van der Waals surface area contributed by atoms with E-state index in [0.29, 0.717) is 12.1 Å². The molecule has 1 aromatic heterocycles. The molecule has 178 valence electrons. The zero-order chi connectivity index (χ0) is 25.4. The Hall–Kier alpha value is -4.70. The van der Waals surface area contributed by atoms with Gasteiger partial charge in [-0.15, -0.1) is 0 Å². The van der Waals surface area contributed by atoms with Crippen LogP contribution in [0.25, 0.3) is 17.0 Å². The van der Waals surface area contributed by atoms with E-state index in [-0.39, 0.29) is 22.1 Å². The van der Waals surface area contributed by atoms with Gasteiger partial charge in [-0.3, -0.25) is 25.0 Å². The molecular formula is C26H17FN4O4S. The molecule has 1 aliphatic rings. The number of rotatable bonds is 5. The summed E-state index contributed by atoms with van der Waals surface area (Å²) in [6.45, 7) is 0.410. The van der Waals surface area contributed by atoms with Crippen LogP contribution in [0, 0.1) is 15.9 Å². The van der Waals surface area contributed by atoms with Crippen LogP contribution in [0.4, 0.5) is 15.8 Å². The van der Waals surface area contributed by atoms with Crippen LogP contribution >= 0.6 is 12.2 Å². The van der Waals surface area contributed by atoms with Crippen LogP contribution in [0.2, 0.25) is 0 Å². The Balaban J connectivity index is 1.55. The van der Waals surface area contributed by atoms with Gasteiger partial charge in [-0.1, -0.05) is 42.5 Å². The molecule has 0 unspecified atom stereocenters. The summed E-state index contributed by atoms with van der Waals surface area (Å²) >= 11 is 5.15. The van der Waals surface area contributed by atoms with Crippen LogP contribution in [0.15, 0.2) is 84.6 Å². The maximum absolute atomic E-state index is 14.4. The first-order chi connectivity index (χ1) is 17.3. The number of benzene rings is 3. The number of nitro benzene ring substituents is 1. The fraction of sp³-hybridized carbons (Fsp3) is 0.0385. The summed E-state index contributed by atoms with van der Waals surface area (Å²) in [5.74, 6) is -2.06. The predicted molar refractivity (Wildman–Crippen MR) is 137 cm³/mol. The lowest BCUT2D eigenvalue weighted by atomic mass is 10.1. The molecule has 1 aliphatic heterocycles. The van der Waals surface area contributed by atoms with Crippen molar-refractivity contribution in [2.24, 2.45) is 0 Å². The molecule has 10 heteroatoms. The van der Waals surface area contributed by atoms with Crippen molar-refractivity contribution in [3.05, 3.63) is 112 Å². The highest BCUT2D eigenvalue weighted by Gasteiger charge is 2.35. The third kappa shape index (κ3) is 4.14. The highest BCUT2D eigenvalue weighted by Crippen LogP contribution is 2.28. The van der Waals surface area contributed by atoms with E-state index in [0.717, 1.165) is 21.4 Å². The van der Waals surface area contributed by atoms with E-state index in [1.807, 2.05) is 28.8 Å². The molecule has 3 aromatic carbocycles. The van der Waals surface area contributed by atoms with Crippen LogP contribution in [-0.2, 0) is 16.1 Å². The Morgan fingerprint density at radius 2 is 1.69 bits per heavy atom. The lowest BCUT2D eigenvalue weighted by Crippen LogP contribution is -2.54. The van der Waals surface area contributed by atoms with Crippen molar-refractivity contribution >= 4 is 57.5 Å². The quantitative estimate of drug-likeness (QED) is 0.142. The number of hydrogen-bond acceptors (Lipinski definition) is 5. The molecule has 0 bridgehead atoms. The number of halogens is 1. The number of nitrogens with one attached hydrogen (secondary N) is 1. The van der Waals surface area contributed by atoms with Gasteiger partial charge in [0.2, 0.25) is 0 Å². The van der Waals surface area contributed by atoms with Crippen LogP contribution in [-0.4, -0.2) is 26.4 Å². The van der Waals surface area contributed by atoms with Crippen LogP contribution in [0.3, 0.4) is 0 Å². The van der Waals surface area contributed by atoms with Crippen LogP contribution in [0.1, 0.15) is 11.1 Å². The van der Waals surface area contributed by atoms with Gasteiger partial charge < -0.3 is 4.57 Å². The summed E-state index contributed by atoms with van der Waals surface area (Å²) < 4.78 is 16.4. The molecule has 0 spiro atoms. The number of hydrogen-bond donors (Lipinski definition) is 1. The van der Waals surface area contributed by atoms with Gasteiger partial charge in [-0.2, -0.15) is 0 Å². The summed E-state index contributed by atoms with van der Waals surface area (Å²) in [4.78, 5) is 37.5. The first kappa shape index (κ1) is 23.1. The third-order valence-corrected chi connectivity index (χ3v) is 6.10. The third-order valence-electron chi connectivity index (χ3n) is 5.81. The zero-order valence-corrected chi connectivity index (χ0v) is 19.4. The normalized spacial score (nSPS) is 15.0. The lowest BCUT2D eigenvalue weighted by Gasteiger charge is -2.29. The molecule has 0 atom stereocenters. The molecule has 4 aromatic rings. The van der Waals surface area contributed by atoms with E-state index >= 15 is 0 Å². The predicted octanol–water partition coefficient (Wildman–Crippen LogP) is 4.57. The maximum atomic E-state index is 14.4. The minimum absolute atomic E-state index is 0.000631. The highest BCUT2D eigenvalue weighted by atomic mass is 32.1. The van der Waals surface area contributed by atoms with E-state index in [9.17, 15) is 24.1 Å². The number of carbonyl (C=O) groups excluding carboxylic acids is 2. The first-order valence-electron chi connectivity index (χ1n) is 10.8. The summed E-state index contributed by atoms with van der Waals surface area (Å²) in [6.07, 6.45) is 3.25. The number of anilines is 1. The van der Waals surface area contributed by atoms with Crippen LogP contribution < -0.4 is 10.2 Å². The molecule has 1 saturated heterocycles. The molecule has 36 heavy (non-hydrogen) atoms. The second-order valence-electron chi connectivity index (χ2n) is 8.06. The Morgan fingerprint density at radius 1 is 1.00 bits per heavy atom. The SMILES string of the molecule is O=C1NC(=S)N(c2ccccc2F)C(=O)C1=Cc1cn(Cc2ccc([N+](=O)[O-])cc2)c2ccccc12. The number of aromatic nitrogens is 1. The number of non-ortho nitro benzene ring substituents is 1. The number of amides is 2. The van der Waals surface area contributed by atoms with Crippen molar-refractivity contribution in [2.75, 3.05) is 4.90 Å². The summed E-state index contributed by atoms with van der Waals surface area (Å²) in [5, 5.41) is 14.0. The summed E-state index contributed by atoms with van der Waals surface area (Å²) in [5.41, 5.74) is 2.04. The monoisotopic (exact) mass is 500 g/mol. The zero-order valence-electron chi connectivity index (χ0n) is 18.6. The van der Waals surface area contributed by atoms with Gasteiger partial charge in [-0.05, 0) is 42.1 Å². The number of fused-ring (bicyclic) bond motifs is 1.